The Morgan fingerprint density at radius 1 is 0.471 bits per heavy atom. The zero-order valence-corrected chi connectivity index (χ0v) is 23.8. The normalized spacial score (nSPS) is 15.7. The zero-order valence-electron chi connectivity index (χ0n) is 23.8. The van der Waals surface area contributed by atoms with E-state index >= 15 is 0 Å². The molecule has 34 heavy (non-hydrogen) atoms. The monoisotopic (exact) mass is 479 g/mol. The van der Waals surface area contributed by atoms with Crippen LogP contribution >= 0.6 is 0 Å². The van der Waals surface area contributed by atoms with Gasteiger partial charge in [0.1, 0.15) is 0 Å². The summed E-state index contributed by atoms with van der Waals surface area (Å²) in [4.78, 5) is 0. The second kappa shape index (κ2) is 26.0. The van der Waals surface area contributed by atoms with Gasteiger partial charge in [-0.3, -0.25) is 0 Å². The van der Waals surface area contributed by atoms with Crippen molar-refractivity contribution in [3.05, 3.63) is 0 Å². The van der Waals surface area contributed by atoms with E-state index in [2.05, 4.69) is 6.92 Å². The van der Waals surface area contributed by atoms with Crippen molar-refractivity contribution in [1.82, 2.24) is 0 Å². The summed E-state index contributed by atoms with van der Waals surface area (Å²) in [5.74, 6) is 1.09. The molecule has 0 bridgehead atoms. The lowest BCUT2D eigenvalue weighted by atomic mass is 9.85. The van der Waals surface area contributed by atoms with Crippen molar-refractivity contribution in [2.75, 3.05) is 0 Å². The molecule has 0 aromatic carbocycles. The molecule has 1 heteroatoms. The van der Waals surface area contributed by atoms with E-state index in [0.29, 0.717) is 0 Å². The Hall–Kier alpha value is -0.0400. The van der Waals surface area contributed by atoms with Gasteiger partial charge in [0.2, 0.25) is 0 Å². The first-order chi connectivity index (χ1) is 16.8. The van der Waals surface area contributed by atoms with Gasteiger partial charge in [-0.1, -0.05) is 187 Å². The molecule has 0 saturated heterocycles. The lowest BCUT2D eigenvalue weighted by Gasteiger charge is -2.21. The summed E-state index contributed by atoms with van der Waals surface area (Å²) in [5.41, 5.74) is 0. The molecule has 1 atom stereocenters. The largest absolute Gasteiger partial charge is 0.393 e. The fraction of sp³-hybridized carbons (Fsp3) is 1.00. The predicted octanol–water partition coefficient (Wildman–Crippen LogP) is 11.7. The first-order valence-electron chi connectivity index (χ1n) is 16.5. The van der Waals surface area contributed by atoms with Crippen LogP contribution in [0, 0.1) is 5.92 Å². The van der Waals surface area contributed by atoms with Crippen LogP contribution in [-0.2, 0) is 0 Å². The van der Waals surface area contributed by atoms with Crippen LogP contribution in [0.15, 0.2) is 0 Å². The van der Waals surface area contributed by atoms with Gasteiger partial charge in [0, 0.05) is 0 Å². The Bertz CT molecular complexity index is 373. The molecule has 204 valence electrons. The Morgan fingerprint density at radius 2 is 0.824 bits per heavy atom. The van der Waals surface area contributed by atoms with E-state index in [0.717, 1.165) is 18.8 Å². The van der Waals surface area contributed by atoms with Gasteiger partial charge in [-0.25, -0.2) is 0 Å². The van der Waals surface area contributed by atoms with E-state index in [1.165, 1.54) is 180 Å². The number of aliphatic hydroxyl groups is 1. The molecular weight excluding hydrogens is 412 g/mol. The molecule has 0 aromatic heterocycles. The molecule has 0 heterocycles. The lowest BCUT2D eigenvalue weighted by Crippen LogP contribution is -2.05. The van der Waals surface area contributed by atoms with Gasteiger partial charge in [-0.2, -0.15) is 0 Å². The molecule has 1 rings (SSSR count). The van der Waals surface area contributed by atoms with Crippen LogP contribution in [-0.4, -0.2) is 11.2 Å². The molecule has 1 fully saturated rings. The Kier molecular flexibility index (Phi) is 24.5. The van der Waals surface area contributed by atoms with Crippen LogP contribution < -0.4 is 0 Å². The summed E-state index contributed by atoms with van der Waals surface area (Å²) in [5, 5.41) is 10.0. The third-order valence-corrected chi connectivity index (χ3v) is 8.52. The highest BCUT2D eigenvalue weighted by Gasteiger charge is 2.12. The Labute approximate surface area is 216 Å². The van der Waals surface area contributed by atoms with Gasteiger partial charge in [0.15, 0.2) is 0 Å². The van der Waals surface area contributed by atoms with Crippen LogP contribution in [0.1, 0.15) is 200 Å². The quantitative estimate of drug-likeness (QED) is 0.122. The molecule has 0 spiro atoms. The molecule has 1 aliphatic carbocycles. The Morgan fingerprint density at radius 3 is 1.24 bits per heavy atom. The van der Waals surface area contributed by atoms with Crippen molar-refractivity contribution in [2.45, 2.75) is 206 Å². The van der Waals surface area contributed by atoms with Crippen molar-refractivity contribution < 1.29 is 5.11 Å². The fourth-order valence-corrected chi connectivity index (χ4v) is 6.07. The Balaban J connectivity index is 1.65. The van der Waals surface area contributed by atoms with Crippen molar-refractivity contribution in [3.8, 4) is 0 Å². The average molecular weight is 479 g/mol. The lowest BCUT2D eigenvalue weighted by molar-refractivity contribution is 0.147. The third kappa shape index (κ3) is 22.4. The fourth-order valence-electron chi connectivity index (χ4n) is 6.07. The van der Waals surface area contributed by atoms with E-state index in [-0.39, 0.29) is 6.10 Å². The van der Waals surface area contributed by atoms with Crippen molar-refractivity contribution in [2.24, 2.45) is 5.92 Å². The summed E-state index contributed by atoms with van der Waals surface area (Å²) in [6.07, 6.45) is 42.3. The van der Waals surface area contributed by atoms with Gasteiger partial charge >= 0.3 is 0 Å². The van der Waals surface area contributed by atoms with Gasteiger partial charge in [0.25, 0.3) is 0 Å². The van der Waals surface area contributed by atoms with E-state index < -0.39 is 0 Å². The van der Waals surface area contributed by atoms with Crippen molar-refractivity contribution in [3.63, 3.8) is 0 Å². The first-order valence-corrected chi connectivity index (χ1v) is 16.5. The number of rotatable bonds is 26. The molecule has 1 nitrogen and oxygen atoms in total. The summed E-state index contributed by atoms with van der Waals surface area (Å²) >= 11 is 0. The summed E-state index contributed by atoms with van der Waals surface area (Å²) < 4.78 is 0. The molecule has 1 aliphatic rings. The van der Waals surface area contributed by atoms with Crippen molar-refractivity contribution in [1.29, 1.82) is 0 Å². The minimum atomic E-state index is -0.0301. The number of unbranched alkanes of at least 4 members (excludes halogenated alkanes) is 20. The van der Waals surface area contributed by atoms with Crippen LogP contribution in [0.2, 0.25) is 0 Å². The van der Waals surface area contributed by atoms with E-state index in [9.17, 15) is 5.11 Å². The van der Waals surface area contributed by atoms with E-state index in [1.807, 2.05) is 0 Å². The smallest absolute Gasteiger partial charge is 0.0540 e. The number of aliphatic hydroxyl groups excluding tert-OH is 1. The zero-order chi connectivity index (χ0) is 24.4. The number of hydrogen-bond acceptors (Lipinski definition) is 1. The average Bonchev–Trinajstić information content (AvgIpc) is 2.86. The molecule has 1 N–H and O–H groups in total. The molecule has 1 saturated carbocycles. The van der Waals surface area contributed by atoms with Gasteiger partial charge in [-0.15, -0.1) is 0 Å². The van der Waals surface area contributed by atoms with Gasteiger partial charge < -0.3 is 5.11 Å². The highest BCUT2D eigenvalue weighted by molar-refractivity contribution is 4.65. The SMILES string of the molecule is CCCCCCC(O)CCCCCCCCCCCCCCCCCCCCC1CCCCC1. The minimum Gasteiger partial charge on any atom is -0.393 e. The topological polar surface area (TPSA) is 20.2 Å². The minimum absolute atomic E-state index is 0.0301. The summed E-state index contributed by atoms with van der Waals surface area (Å²) in [6, 6.07) is 0. The van der Waals surface area contributed by atoms with Crippen LogP contribution in [0.4, 0.5) is 0 Å². The second-order valence-electron chi connectivity index (χ2n) is 11.9. The molecule has 1 unspecified atom stereocenters. The number of hydrogen-bond donors (Lipinski definition) is 1. The molecule has 0 aromatic rings. The maximum Gasteiger partial charge on any atom is 0.0540 e. The maximum absolute atomic E-state index is 10.0. The summed E-state index contributed by atoms with van der Waals surface area (Å²) in [7, 11) is 0. The van der Waals surface area contributed by atoms with Gasteiger partial charge in [0.05, 0.1) is 6.10 Å². The highest BCUT2D eigenvalue weighted by atomic mass is 16.3. The second-order valence-corrected chi connectivity index (χ2v) is 11.9. The first kappa shape index (κ1) is 32.0. The molecule has 0 radical (unpaired) electrons. The van der Waals surface area contributed by atoms with Crippen LogP contribution in [0.5, 0.6) is 0 Å². The maximum atomic E-state index is 10.0. The predicted molar refractivity (Wildman–Crippen MR) is 154 cm³/mol. The molecule has 0 amide bonds. The van der Waals surface area contributed by atoms with E-state index in [4.69, 9.17) is 0 Å². The highest BCUT2D eigenvalue weighted by Crippen LogP contribution is 2.28. The van der Waals surface area contributed by atoms with Crippen molar-refractivity contribution >= 4 is 0 Å². The standard InChI is InChI=1S/C33H66O/c1-2-3-4-25-30-33(34)31-26-20-18-16-14-12-10-8-6-5-7-9-11-13-15-17-19-22-27-32-28-23-21-24-29-32/h32-34H,2-31H2,1H3. The van der Waals surface area contributed by atoms with Crippen LogP contribution in [0.25, 0.3) is 0 Å². The summed E-state index contributed by atoms with van der Waals surface area (Å²) in [6.45, 7) is 2.25. The molecular formula is C33H66O. The third-order valence-electron chi connectivity index (χ3n) is 8.52. The van der Waals surface area contributed by atoms with Gasteiger partial charge in [-0.05, 0) is 18.8 Å². The van der Waals surface area contributed by atoms with E-state index in [1.54, 1.807) is 0 Å². The van der Waals surface area contributed by atoms with Crippen LogP contribution in [0.3, 0.4) is 0 Å². The molecule has 0 aliphatic heterocycles.